The second kappa shape index (κ2) is 6.54. The second-order valence-corrected chi connectivity index (χ2v) is 7.80. The number of nitrogens with zero attached hydrogens (tertiary/aromatic N) is 3. The third-order valence-corrected chi connectivity index (χ3v) is 6.50. The molecule has 24 heavy (non-hydrogen) atoms. The molecule has 3 saturated heterocycles. The van der Waals surface area contributed by atoms with Crippen molar-refractivity contribution in [2.24, 2.45) is 5.73 Å². The quantitative estimate of drug-likeness (QED) is 0.847. The Balaban J connectivity index is 1.42. The smallest absolute Gasteiger partial charge is 0.321 e. The molecule has 2 atom stereocenters. The molecule has 0 aromatic carbocycles. The van der Waals surface area contributed by atoms with Gasteiger partial charge in [0.25, 0.3) is 0 Å². The van der Waals surface area contributed by atoms with Gasteiger partial charge in [0, 0.05) is 31.7 Å². The van der Waals surface area contributed by atoms with E-state index < -0.39 is 6.04 Å². The van der Waals surface area contributed by atoms with Crippen LogP contribution in [0.2, 0.25) is 0 Å². The van der Waals surface area contributed by atoms with E-state index in [0.29, 0.717) is 0 Å². The summed E-state index contributed by atoms with van der Waals surface area (Å²) in [6, 6.07) is 0.345. The molecule has 0 aromatic rings. The van der Waals surface area contributed by atoms with Crippen molar-refractivity contribution >= 4 is 11.9 Å². The number of hydrogen-bond acceptors (Lipinski definition) is 3. The van der Waals surface area contributed by atoms with Gasteiger partial charge in [-0.1, -0.05) is 19.3 Å². The maximum atomic E-state index is 12.8. The van der Waals surface area contributed by atoms with Crippen molar-refractivity contribution in [3.63, 3.8) is 0 Å². The monoisotopic (exact) mass is 333 g/mol. The lowest BCUT2D eigenvalue weighted by molar-refractivity contribution is -0.123. The third kappa shape index (κ3) is 2.68. The van der Waals surface area contributed by atoms with Gasteiger partial charge in [-0.2, -0.15) is 0 Å². The van der Waals surface area contributed by atoms with Gasteiger partial charge in [-0.05, 0) is 38.5 Å². The molecule has 2 N–H and O–H groups in total. The van der Waals surface area contributed by atoms with Gasteiger partial charge < -0.3 is 20.4 Å². The van der Waals surface area contributed by atoms with Crippen LogP contribution in [-0.4, -0.2) is 70.4 Å². The minimum atomic E-state index is -0.466. The number of urea groups is 1. The zero-order chi connectivity index (χ0) is 16.7. The van der Waals surface area contributed by atoms with Crippen molar-refractivity contribution in [1.82, 2.24) is 14.7 Å². The summed E-state index contributed by atoms with van der Waals surface area (Å²) in [5, 5.41) is 0. The number of piperidine rings is 1. The first-order valence-corrected chi connectivity index (χ1v) is 9.62. The average molecular weight is 333 g/mol. The van der Waals surface area contributed by atoms with Crippen LogP contribution in [0.3, 0.4) is 0 Å². The molecule has 1 radical (unpaired) electrons. The standard InChI is InChI=1S/C18H29N4O2/c19-17(23)16-15-7-4-10-21(15)18(24)22(16)14-8-11-20(12-9-14)13-5-2-1-3-6-13/h7,13-16H,1-6,8-12H2,(H2,19,23)/t15-,16?/m1/s1. The van der Waals surface area contributed by atoms with Crippen molar-refractivity contribution in [3.05, 3.63) is 6.42 Å². The molecule has 1 unspecified atom stereocenters. The number of amides is 3. The fourth-order valence-electron chi connectivity index (χ4n) is 5.28. The highest BCUT2D eigenvalue weighted by Crippen LogP contribution is 2.35. The summed E-state index contributed by atoms with van der Waals surface area (Å²) in [6.07, 6.45) is 11.6. The molecular weight excluding hydrogens is 304 g/mol. The average Bonchev–Trinajstić information content (AvgIpc) is 3.18. The highest BCUT2D eigenvalue weighted by atomic mass is 16.2. The summed E-state index contributed by atoms with van der Waals surface area (Å²) in [7, 11) is 0. The number of rotatable bonds is 3. The summed E-state index contributed by atoms with van der Waals surface area (Å²) < 4.78 is 0. The molecule has 133 valence electrons. The predicted octanol–water partition coefficient (Wildman–Crippen LogP) is 1.35. The van der Waals surface area contributed by atoms with E-state index in [1.807, 2.05) is 9.80 Å². The van der Waals surface area contributed by atoms with Crippen LogP contribution in [0.4, 0.5) is 4.79 Å². The van der Waals surface area contributed by atoms with Gasteiger partial charge in [0.05, 0.1) is 6.04 Å². The fraction of sp³-hybridized carbons (Fsp3) is 0.833. The molecule has 4 rings (SSSR count). The number of primary amides is 1. The summed E-state index contributed by atoms with van der Waals surface area (Å²) in [6.45, 7) is 2.81. The number of nitrogens with two attached hydrogens (primary N) is 1. The lowest BCUT2D eigenvalue weighted by atomic mass is 9.91. The molecule has 4 aliphatic rings. The van der Waals surface area contributed by atoms with Crippen LogP contribution in [0.15, 0.2) is 0 Å². The van der Waals surface area contributed by atoms with E-state index in [2.05, 4.69) is 11.3 Å². The first kappa shape index (κ1) is 16.2. The molecular formula is C18H29N4O2. The summed E-state index contributed by atoms with van der Waals surface area (Å²) in [5.41, 5.74) is 5.67. The highest BCUT2D eigenvalue weighted by molar-refractivity contribution is 5.91. The zero-order valence-electron chi connectivity index (χ0n) is 14.4. The zero-order valence-corrected chi connectivity index (χ0v) is 14.4. The third-order valence-electron chi connectivity index (χ3n) is 6.50. The van der Waals surface area contributed by atoms with Crippen LogP contribution in [0.5, 0.6) is 0 Å². The van der Waals surface area contributed by atoms with E-state index in [9.17, 15) is 9.59 Å². The summed E-state index contributed by atoms with van der Waals surface area (Å²) >= 11 is 0. The van der Waals surface area contributed by atoms with Gasteiger partial charge in [-0.15, -0.1) is 0 Å². The summed E-state index contributed by atoms with van der Waals surface area (Å²) in [5.74, 6) is -0.358. The van der Waals surface area contributed by atoms with Crippen molar-refractivity contribution in [2.45, 2.75) is 75.5 Å². The van der Waals surface area contributed by atoms with Gasteiger partial charge in [-0.3, -0.25) is 4.79 Å². The Morgan fingerprint density at radius 3 is 2.38 bits per heavy atom. The van der Waals surface area contributed by atoms with Gasteiger partial charge in [0.2, 0.25) is 5.91 Å². The maximum Gasteiger partial charge on any atom is 0.321 e. The normalized spacial score (nSPS) is 33.2. The molecule has 1 aliphatic carbocycles. The Hall–Kier alpha value is -1.30. The Morgan fingerprint density at radius 1 is 1.00 bits per heavy atom. The topological polar surface area (TPSA) is 69.9 Å². The molecule has 0 aromatic heterocycles. The molecule has 3 heterocycles. The number of carbonyl (C=O) groups is 2. The number of fused-ring (bicyclic) bond motifs is 1. The molecule has 1 saturated carbocycles. The largest absolute Gasteiger partial charge is 0.368 e. The molecule has 0 spiro atoms. The van der Waals surface area contributed by atoms with Crippen molar-refractivity contribution in [1.29, 1.82) is 0 Å². The number of likely N-dealkylation sites (tertiary alicyclic amines) is 1. The maximum absolute atomic E-state index is 12.8. The molecule has 3 amide bonds. The first-order chi connectivity index (χ1) is 11.7. The molecule has 3 aliphatic heterocycles. The summed E-state index contributed by atoms with van der Waals surface area (Å²) in [4.78, 5) is 31.1. The van der Waals surface area contributed by atoms with E-state index in [0.717, 1.165) is 44.9 Å². The van der Waals surface area contributed by atoms with Crippen molar-refractivity contribution < 1.29 is 9.59 Å². The van der Waals surface area contributed by atoms with E-state index in [4.69, 9.17) is 5.73 Å². The van der Waals surface area contributed by atoms with E-state index >= 15 is 0 Å². The van der Waals surface area contributed by atoms with Gasteiger partial charge in [-0.25, -0.2) is 4.79 Å². The molecule has 6 nitrogen and oxygen atoms in total. The van der Waals surface area contributed by atoms with Crippen LogP contribution < -0.4 is 5.73 Å². The Morgan fingerprint density at radius 2 is 1.71 bits per heavy atom. The minimum Gasteiger partial charge on any atom is -0.368 e. The Kier molecular flexibility index (Phi) is 4.41. The Bertz CT molecular complexity index is 497. The molecule has 6 heteroatoms. The van der Waals surface area contributed by atoms with Crippen LogP contribution in [0.25, 0.3) is 0 Å². The van der Waals surface area contributed by atoms with Crippen molar-refractivity contribution in [2.75, 3.05) is 19.6 Å². The highest BCUT2D eigenvalue weighted by Gasteiger charge is 2.53. The molecule has 4 fully saturated rings. The van der Waals surface area contributed by atoms with Crippen LogP contribution in [0.1, 0.15) is 51.4 Å². The van der Waals surface area contributed by atoms with Gasteiger partial charge in [0.15, 0.2) is 0 Å². The van der Waals surface area contributed by atoms with Gasteiger partial charge >= 0.3 is 6.03 Å². The van der Waals surface area contributed by atoms with E-state index in [1.54, 1.807) is 0 Å². The minimum absolute atomic E-state index is 0.0219. The lowest BCUT2D eigenvalue weighted by Gasteiger charge is -2.42. The SMILES string of the molecule is NC(=O)C1[C@H]2[CH]CCN2C(=O)N1C1CCN(C2CCCCC2)CC1. The fourth-order valence-corrected chi connectivity index (χ4v) is 5.28. The lowest BCUT2D eigenvalue weighted by Crippen LogP contribution is -2.55. The van der Waals surface area contributed by atoms with Crippen LogP contribution in [0, 0.1) is 6.42 Å². The van der Waals surface area contributed by atoms with Crippen LogP contribution >= 0.6 is 0 Å². The predicted molar refractivity (Wildman–Crippen MR) is 91.1 cm³/mol. The molecule has 0 bridgehead atoms. The van der Waals surface area contributed by atoms with Crippen LogP contribution in [-0.2, 0) is 4.79 Å². The number of carbonyl (C=O) groups excluding carboxylic acids is 2. The second-order valence-electron chi connectivity index (χ2n) is 7.80. The van der Waals surface area contributed by atoms with Crippen molar-refractivity contribution in [3.8, 4) is 0 Å². The van der Waals surface area contributed by atoms with Gasteiger partial charge in [0.1, 0.15) is 6.04 Å². The number of hydrogen-bond donors (Lipinski definition) is 1. The van der Waals surface area contributed by atoms with E-state index in [1.165, 1.54) is 32.1 Å². The van der Waals surface area contributed by atoms with E-state index in [-0.39, 0.29) is 24.0 Å². The first-order valence-electron chi connectivity index (χ1n) is 9.62. The Labute approximate surface area is 144 Å².